The van der Waals surface area contributed by atoms with Crippen LogP contribution in [-0.4, -0.2) is 72.5 Å². The molecule has 2 saturated heterocycles. The molecule has 3 fully saturated rings. The predicted octanol–water partition coefficient (Wildman–Crippen LogP) is 1.11. The molecule has 0 bridgehead atoms. The summed E-state index contributed by atoms with van der Waals surface area (Å²) < 4.78 is 13.5. The van der Waals surface area contributed by atoms with E-state index >= 15 is 0 Å². The molecule has 2 aromatic rings. The summed E-state index contributed by atoms with van der Waals surface area (Å²) in [5.74, 6) is 5.11. The Morgan fingerprint density at radius 2 is 1.57 bits per heavy atom. The minimum atomic E-state index is -1.03. The molecule has 0 spiro atoms. The second kappa shape index (κ2) is 11.9. The van der Waals surface area contributed by atoms with Crippen molar-refractivity contribution in [3.63, 3.8) is 0 Å². The molecular formula is C30H32FN5O4. The van der Waals surface area contributed by atoms with Crippen LogP contribution < -0.4 is 21.7 Å². The average molecular weight is 546 g/mol. The van der Waals surface area contributed by atoms with Crippen LogP contribution in [0.2, 0.25) is 0 Å². The minimum Gasteiger partial charge on any atom is -0.366 e. The van der Waals surface area contributed by atoms with Gasteiger partial charge in [0, 0.05) is 60.3 Å². The zero-order chi connectivity index (χ0) is 28.2. The van der Waals surface area contributed by atoms with Gasteiger partial charge in [-0.25, -0.2) is 4.39 Å². The number of nitrogens with two attached hydrogens (primary N) is 1. The molecule has 2 aliphatic heterocycles. The fraction of sp³-hybridized carbons (Fsp3) is 0.400. The van der Waals surface area contributed by atoms with Crippen molar-refractivity contribution in [1.29, 1.82) is 0 Å². The Hall–Kier alpha value is -4.23. The zero-order valence-corrected chi connectivity index (χ0v) is 22.0. The van der Waals surface area contributed by atoms with Gasteiger partial charge >= 0.3 is 0 Å². The van der Waals surface area contributed by atoms with Gasteiger partial charge in [0.2, 0.25) is 17.7 Å². The first-order chi connectivity index (χ1) is 19.3. The largest absolute Gasteiger partial charge is 0.366 e. The van der Waals surface area contributed by atoms with Crippen molar-refractivity contribution in [2.45, 2.75) is 50.0 Å². The summed E-state index contributed by atoms with van der Waals surface area (Å²) in [5, 5.41) is 8.78. The fourth-order valence-electron chi connectivity index (χ4n) is 5.12. The van der Waals surface area contributed by atoms with E-state index in [4.69, 9.17) is 5.73 Å². The summed E-state index contributed by atoms with van der Waals surface area (Å²) in [5.41, 5.74) is 7.59. The topological polar surface area (TPSA) is 134 Å². The average Bonchev–Trinajstić information content (AvgIpc) is 3.59. The summed E-state index contributed by atoms with van der Waals surface area (Å²) in [6.07, 6.45) is 1.37. The Labute approximate surface area is 232 Å². The Morgan fingerprint density at radius 3 is 2.12 bits per heavy atom. The first-order valence-corrected chi connectivity index (χ1v) is 13.6. The number of rotatable bonds is 7. The van der Waals surface area contributed by atoms with Crippen molar-refractivity contribution in [1.82, 2.24) is 20.9 Å². The Kier molecular flexibility index (Phi) is 8.12. The van der Waals surface area contributed by atoms with Gasteiger partial charge in [0.15, 0.2) is 0 Å². The number of hydrogen-bond donors (Lipinski definition) is 4. The van der Waals surface area contributed by atoms with E-state index in [1.165, 1.54) is 0 Å². The lowest BCUT2D eigenvalue weighted by molar-refractivity contribution is -0.133. The van der Waals surface area contributed by atoms with Gasteiger partial charge in [-0.2, -0.15) is 0 Å². The number of alkyl halides is 1. The Morgan fingerprint density at radius 1 is 0.950 bits per heavy atom. The SMILES string of the molecule is NC(=O)c1ccc(C#Cc2ccc(C(=O)NC[C@H]3C[C@@H](NC(=O)[C@@H]4C[C@H](F)CN4)CN3C(=O)C3CC3)cc2)cc1. The number of nitrogens with zero attached hydrogens (tertiary/aromatic N) is 1. The monoisotopic (exact) mass is 545 g/mol. The van der Waals surface area contributed by atoms with Crippen LogP contribution in [-0.2, 0) is 9.59 Å². The van der Waals surface area contributed by atoms with Gasteiger partial charge in [0.1, 0.15) is 6.17 Å². The lowest BCUT2D eigenvalue weighted by Crippen LogP contribution is -2.46. The van der Waals surface area contributed by atoms with E-state index in [1.54, 1.807) is 53.4 Å². The van der Waals surface area contributed by atoms with Crippen molar-refractivity contribution in [2.75, 3.05) is 19.6 Å². The molecule has 0 unspecified atom stereocenters. The Balaban J connectivity index is 1.16. The van der Waals surface area contributed by atoms with Gasteiger partial charge in [-0.15, -0.1) is 0 Å². The predicted molar refractivity (Wildman–Crippen MR) is 146 cm³/mol. The number of primary amides is 1. The lowest BCUT2D eigenvalue weighted by atomic mass is 10.1. The normalized spacial score (nSPS) is 23.7. The third-order valence-corrected chi connectivity index (χ3v) is 7.53. The van der Waals surface area contributed by atoms with Crippen LogP contribution in [0.15, 0.2) is 48.5 Å². The van der Waals surface area contributed by atoms with Gasteiger partial charge in [0.05, 0.1) is 12.1 Å². The van der Waals surface area contributed by atoms with Gasteiger partial charge in [0.25, 0.3) is 5.91 Å². The first-order valence-electron chi connectivity index (χ1n) is 13.6. The number of amides is 4. The molecule has 5 N–H and O–H groups in total. The van der Waals surface area contributed by atoms with Crippen LogP contribution in [0.3, 0.4) is 0 Å². The van der Waals surface area contributed by atoms with Crippen LogP contribution in [0.5, 0.6) is 0 Å². The van der Waals surface area contributed by atoms with E-state index in [0.29, 0.717) is 24.1 Å². The molecule has 4 amide bonds. The number of nitrogens with one attached hydrogen (secondary N) is 3. The summed E-state index contributed by atoms with van der Waals surface area (Å²) in [6.45, 7) is 0.816. The molecule has 5 rings (SSSR count). The van der Waals surface area contributed by atoms with Crippen molar-refractivity contribution in [3.05, 3.63) is 70.8 Å². The summed E-state index contributed by atoms with van der Waals surface area (Å²) >= 11 is 0. The van der Waals surface area contributed by atoms with Gasteiger partial charge in [-0.1, -0.05) is 11.8 Å². The van der Waals surface area contributed by atoms with Crippen LogP contribution >= 0.6 is 0 Å². The van der Waals surface area contributed by atoms with Gasteiger partial charge in [-0.05, 0) is 67.8 Å². The second-order valence-corrected chi connectivity index (χ2v) is 10.6. The number of halogens is 1. The number of likely N-dealkylation sites (tertiary alicyclic amines) is 1. The molecule has 0 aromatic heterocycles. The summed E-state index contributed by atoms with van der Waals surface area (Å²) in [6, 6.07) is 12.5. The highest BCUT2D eigenvalue weighted by atomic mass is 19.1. The number of carbonyl (C=O) groups excluding carboxylic acids is 4. The van der Waals surface area contributed by atoms with E-state index in [9.17, 15) is 23.6 Å². The zero-order valence-electron chi connectivity index (χ0n) is 22.0. The molecular weight excluding hydrogens is 513 g/mol. The molecule has 0 radical (unpaired) electrons. The van der Waals surface area contributed by atoms with E-state index < -0.39 is 18.1 Å². The maximum atomic E-state index is 13.5. The molecule has 1 aliphatic carbocycles. The number of carbonyl (C=O) groups is 4. The maximum absolute atomic E-state index is 13.5. The number of hydrogen-bond acceptors (Lipinski definition) is 5. The molecule has 2 aromatic carbocycles. The van der Waals surface area contributed by atoms with Gasteiger partial charge in [-0.3, -0.25) is 19.2 Å². The van der Waals surface area contributed by atoms with Crippen molar-refractivity contribution >= 4 is 23.6 Å². The van der Waals surface area contributed by atoms with Crippen molar-refractivity contribution < 1.29 is 23.6 Å². The van der Waals surface area contributed by atoms with E-state index in [-0.39, 0.29) is 55.2 Å². The van der Waals surface area contributed by atoms with Crippen LogP contribution in [0.1, 0.15) is 57.5 Å². The smallest absolute Gasteiger partial charge is 0.251 e. The Bertz CT molecular complexity index is 1350. The van der Waals surface area contributed by atoms with E-state index in [2.05, 4.69) is 27.8 Å². The third kappa shape index (κ3) is 6.66. The molecule has 1 saturated carbocycles. The lowest BCUT2D eigenvalue weighted by Gasteiger charge is -2.25. The maximum Gasteiger partial charge on any atom is 0.251 e. The highest BCUT2D eigenvalue weighted by molar-refractivity contribution is 5.94. The minimum absolute atomic E-state index is 0.0196. The summed E-state index contributed by atoms with van der Waals surface area (Å²) in [4.78, 5) is 51.3. The van der Waals surface area contributed by atoms with Crippen LogP contribution in [0.25, 0.3) is 0 Å². The van der Waals surface area contributed by atoms with E-state index in [1.807, 2.05) is 0 Å². The third-order valence-electron chi connectivity index (χ3n) is 7.53. The molecule has 3 aliphatic rings. The van der Waals surface area contributed by atoms with Crippen LogP contribution in [0, 0.1) is 17.8 Å². The standard InChI is InChI=1S/C30H32FN5O4/c31-23-13-26(33-15-23)29(39)35-24-14-25(36(17-24)30(40)22-11-12-22)16-34-28(38)21-9-5-19(6-10-21)2-1-18-3-7-20(8-4-18)27(32)37/h3-10,22-26,33H,11-17H2,(H2,32,37)(H,34,38)(H,35,39)/t23-,24+,25+,26-/m0/s1. The van der Waals surface area contributed by atoms with E-state index in [0.717, 1.165) is 24.0 Å². The second-order valence-electron chi connectivity index (χ2n) is 10.6. The molecule has 9 nitrogen and oxygen atoms in total. The first kappa shape index (κ1) is 27.3. The van der Waals surface area contributed by atoms with Crippen molar-refractivity contribution in [3.8, 4) is 11.8 Å². The highest BCUT2D eigenvalue weighted by Gasteiger charge is 2.42. The quantitative estimate of drug-likeness (QED) is 0.387. The molecule has 10 heteroatoms. The molecule has 4 atom stereocenters. The van der Waals surface area contributed by atoms with Gasteiger partial charge < -0.3 is 26.6 Å². The highest BCUT2D eigenvalue weighted by Crippen LogP contribution is 2.33. The molecule has 2 heterocycles. The summed E-state index contributed by atoms with van der Waals surface area (Å²) in [7, 11) is 0. The van der Waals surface area contributed by atoms with Crippen molar-refractivity contribution in [2.24, 2.45) is 11.7 Å². The fourth-order valence-corrected chi connectivity index (χ4v) is 5.12. The molecule has 40 heavy (non-hydrogen) atoms. The molecule has 208 valence electrons. The number of benzene rings is 2. The van der Waals surface area contributed by atoms with Crippen LogP contribution in [0.4, 0.5) is 4.39 Å².